The molecule has 0 aliphatic heterocycles. The molecule has 0 spiro atoms. The van der Waals surface area contributed by atoms with Crippen LogP contribution in [0.25, 0.3) is 55.4 Å². The first-order valence-corrected chi connectivity index (χ1v) is 11.1. The van der Waals surface area contributed by atoms with Crippen molar-refractivity contribution in [1.82, 2.24) is 15.0 Å². The highest BCUT2D eigenvalue weighted by atomic mass is 35.5. The zero-order valence-corrected chi connectivity index (χ0v) is 18.4. The maximum Gasteiger partial charge on any atom is 0.226 e. The van der Waals surface area contributed by atoms with Gasteiger partial charge >= 0.3 is 0 Å². The number of hydrogen-bond acceptors (Lipinski definition) is 3. The lowest BCUT2D eigenvalue weighted by Crippen LogP contribution is -1.98. The van der Waals surface area contributed by atoms with Crippen molar-refractivity contribution in [3.05, 3.63) is 114 Å². The number of nitrogens with zero attached hydrogens (tertiary/aromatic N) is 3. The maximum absolute atomic E-state index is 6.42. The van der Waals surface area contributed by atoms with E-state index in [-0.39, 0.29) is 5.28 Å². The van der Waals surface area contributed by atoms with Crippen LogP contribution in [0, 0.1) is 0 Å². The molecule has 1 heterocycles. The Morgan fingerprint density at radius 1 is 0.424 bits per heavy atom. The predicted octanol–water partition coefficient (Wildman–Crippen LogP) is 7.83. The molecule has 0 atom stereocenters. The topological polar surface area (TPSA) is 38.7 Å². The standard InChI is InChI=1S/C29H18ClN3/c30-29-32-27(25-17-6-12-20-11-4-5-13-22(20)25)31-28(33-29)26-18-8-15-23-21(14-7-16-24(23)26)19-9-2-1-3-10-19/h1-18H. The summed E-state index contributed by atoms with van der Waals surface area (Å²) in [6.45, 7) is 0. The highest BCUT2D eigenvalue weighted by Gasteiger charge is 2.15. The molecular weight excluding hydrogens is 426 g/mol. The molecule has 6 aromatic rings. The Bertz CT molecular complexity index is 1620. The number of rotatable bonds is 3. The van der Waals surface area contributed by atoms with Crippen LogP contribution in [0.4, 0.5) is 0 Å². The first-order chi connectivity index (χ1) is 16.3. The molecule has 0 radical (unpaired) electrons. The quantitative estimate of drug-likeness (QED) is 0.279. The minimum absolute atomic E-state index is 0.180. The van der Waals surface area contributed by atoms with E-state index >= 15 is 0 Å². The summed E-state index contributed by atoms with van der Waals surface area (Å²) in [4.78, 5) is 13.8. The van der Waals surface area contributed by atoms with Gasteiger partial charge in [0.15, 0.2) is 11.6 Å². The Morgan fingerprint density at radius 2 is 0.939 bits per heavy atom. The summed E-state index contributed by atoms with van der Waals surface area (Å²) in [6, 6.07) is 37.2. The van der Waals surface area contributed by atoms with Gasteiger partial charge in [0.2, 0.25) is 5.28 Å². The fourth-order valence-electron chi connectivity index (χ4n) is 4.39. The summed E-state index contributed by atoms with van der Waals surface area (Å²) in [7, 11) is 0. The molecule has 0 amide bonds. The summed E-state index contributed by atoms with van der Waals surface area (Å²) in [5.41, 5.74) is 4.20. The second kappa shape index (κ2) is 8.12. The lowest BCUT2D eigenvalue weighted by Gasteiger charge is -2.12. The second-order valence-electron chi connectivity index (χ2n) is 7.85. The van der Waals surface area contributed by atoms with Crippen LogP contribution in [0.1, 0.15) is 0 Å². The Balaban J connectivity index is 1.57. The zero-order chi connectivity index (χ0) is 22.2. The van der Waals surface area contributed by atoms with Crippen molar-refractivity contribution in [3.8, 4) is 33.9 Å². The Labute approximate surface area is 196 Å². The molecule has 0 bridgehead atoms. The lowest BCUT2D eigenvalue weighted by atomic mass is 9.95. The van der Waals surface area contributed by atoms with Gasteiger partial charge in [-0.05, 0) is 44.3 Å². The third-order valence-electron chi connectivity index (χ3n) is 5.89. The summed E-state index contributed by atoms with van der Waals surface area (Å²) in [6.07, 6.45) is 0. The van der Waals surface area contributed by atoms with Crippen molar-refractivity contribution in [2.75, 3.05) is 0 Å². The van der Waals surface area contributed by atoms with Crippen LogP contribution in [-0.4, -0.2) is 15.0 Å². The highest BCUT2D eigenvalue weighted by Crippen LogP contribution is 2.35. The number of hydrogen-bond donors (Lipinski definition) is 0. The van der Waals surface area contributed by atoms with Crippen LogP contribution in [0.5, 0.6) is 0 Å². The van der Waals surface area contributed by atoms with E-state index in [0.29, 0.717) is 11.6 Å². The average Bonchev–Trinajstić information content (AvgIpc) is 2.88. The number of fused-ring (bicyclic) bond motifs is 2. The fourth-order valence-corrected chi connectivity index (χ4v) is 4.55. The van der Waals surface area contributed by atoms with Gasteiger partial charge in [0.05, 0.1) is 0 Å². The molecule has 0 aliphatic rings. The largest absolute Gasteiger partial charge is 0.226 e. The van der Waals surface area contributed by atoms with Crippen LogP contribution in [0.2, 0.25) is 5.28 Å². The highest BCUT2D eigenvalue weighted by molar-refractivity contribution is 6.28. The van der Waals surface area contributed by atoms with E-state index in [9.17, 15) is 0 Å². The minimum Gasteiger partial charge on any atom is -0.208 e. The minimum atomic E-state index is 0.180. The first kappa shape index (κ1) is 19.6. The van der Waals surface area contributed by atoms with E-state index in [4.69, 9.17) is 16.6 Å². The van der Waals surface area contributed by atoms with E-state index in [1.807, 2.05) is 42.5 Å². The van der Waals surface area contributed by atoms with E-state index in [0.717, 1.165) is 32.7 Å². The maximum atomic E-state index is 6.42. The third-order valence-corrected chi connectivity index (χ3v) is 6.06. The molecule has 4 heteroatoms. The van der Waals surface area contributed by atoms with Crippen molar-refractivity contribution < 1.29 is 0 Å². The molecule has 0 saturated carbocycles. The van der Waals surface area contributed by atoms with Crippen LogP contribution in [-0.2, 0) is 0 Å². The SMILES string of the molecule is Clc1nc(-c2cccc3ccccc23)nc(-c2cccc3c(-c4ccccc4)cccc23)n1. The van der Waals surface area contributed by atoms with Gasteiger partial charge in [-0.3, -0.25) is 0 Å². The van der Waals surface area contributed by atoms with E-state index in [1.54, 1.807) is 0 Å². The molecule has 0 fully saturated rings. The van der Waals surface area contributed by atoms with E-state index < -0.39 is 0 Å². The van der Waals surface area contributed by atoms with Gasteiger partial charge in [0.1, 0.15) is 0 Å². The fraction of sp³-hybridized carbons (Fsp3) is 0. The van der Waals surface area contributed by atoms with Crippen LogP contribution < -0.4 is 0 Å². The predicted molar refractivity (Wildman–Crippen MR) is 136 cm³/mol. The first-order valence-electron chi connectivity index (χ1n) is 10.8. The molecule has 0 saturated heterocycles. The molecule has 0 aliphatic carbocycles. The Hall–Kier alpha value is -4.08. The van der Waals surface area contributed by atoms with Crippen molar-refractivity contribution >= 4 is 33.1 Å². The van der Waals surface area contributed by atoms with Gasteiger partial charge in [-0.1, -0.05) is 109 Å². The zero-order valence-electron chi connectivity index (χ0n) is 17.6. The molecule has 5 aromatic carbocycles. The average molecular weight is 444 g/mol. The number of benzene rings is 5. The molecular formula is C29H18ClN3. The van der Waals surface area contributed by atoms with Gasteiger partial charge in [0, 0.05) is 11.1 Å². The summed E-state index contributed by atoms with van der Waals surface area (Å²) < 4.78 is 0. The van der Waals surface area contributed by atoms with E-state index in [1.165, 1.54) is 11.1 Å². The second-order valence-corrected chi connectivity index (χ2v) is 8.19. The summed E-state index contributed by atoms with van der Waals surface area (Å²) in [5, 5.41) is 4.61. The van der Waals surface area contributed by atoms with Crippen LogP contribution in [0.3, 0.4) is 0 Å². The molecule has 33 heavy (non-hydrogen) atoms. The van der Waals surface area contributed by atoms with Gasteiger partial charge in [0.25, 0.3) is 0 Å². The Kier molecular flexibility index (Phi) is 4.82. The smallest absolute Gasteiger partial charge is 0.208 e. The monoisotopic (exact) mass is 443 g/mol. The molecule has 0 N–H and O–H groups in total. The number of aromatic nitrogens is 3. The molecule has 6 rings (SSSR count). The van der Waals surface area contributed by atoms with Gasteiger partial charge < -0.3 is 0 Å². The molecule has 0 unspecified atom stereocenters. The van der Waals surface area contributed by atoms with Crippen molar-refractivity contribution in [2.24, 2.45) is 0 Å². The molecule has 1 aromatic heterocycles. The van der Waals surface area contributed by atoms with E-state index in [2.05, 4.69) is 76.7 Å². The third kappa shape index (κ3) is 3.53. The van der Waals surface area contributed by atoms with Gasteiger partial charge in [-0.2, -0.15) is 9.97 Å². The lowest BCUT2D eigenvalue weighted by molar-refractivity contribution is 1.07. The molecule has 3 nitrogen and oxygen atoms in total. The summed E-state index contributed by atoms with van der Waals surface area (Å²) in [5.74, 6) is 1.13. The van der Waals surface area contributed by atoms with Crippen molar-refractivity contribution in [1.29, 1.82) is 0 Å². The van der Waals surface area contributed by atoms with Gasteiger partial charge in [-0.15, -0.1) is 0 Å². The number of halogens is 1. The summed E-state index contributed by atoms with van der Waals surface area (Å²) >= 11 is 6.42. The van der Waals surface area contributed by atoms with Gasteiger partial charge in [-0.25, -0.2) is 4.98 Å². The molecule has 156 valence electrons. The Morgan fingerprint density at radius 3 is 1.70 bits per heavy atom. The van der Waals surface area contributed by atoms with Crippen molar-refractivity contribution in [2.45, 2.75) is 0 Å². The normalized spacial score (nSPS) is 11.2. The van der Waals surface area contributed by atoms with Crippen LogP contribution >= 0.6 is 11.6 Å². The van der Waals surface area contributed by atoms with Crippen molar-refractivity contribution in [3.63, 3.8) is 0 Å². The van der Waals surface area contributed by atoms with Crippen LogP contribution in [0.15, 0.2) is 109 Å².